The summed E-state index contributed by atoms with van der Waals surface area (Å²) in [7, 11) is 3.05. The maximum Gasteiger partial charge on any atom is 0.341 e. The number of ether oxygens (including phenoxy) is 3. The smallest absolute Gasteiger partial charge is 0.341 e. The van der Waals surface area contributed by atoms with E-state index in [2.05, 4.69) is 20.8 Å². The second-order valence-electron chi connectivity index (χ2n) is 10.7. The molecule has 0 unspecified atom stereocenters. The van der Waals surface area contributed by atoms with Gasteiger partial charge in [0.1, 0.15) is 5.00 Å². The second kappa shape index (κ2) is 14.4. The van der Waals surface area contributed by atoms with E-state index < -0.39 is 11.2 Å². The summed E-state index contributed by atoms with van der Waals surface area (Å²) in [5.41, 5.74) is 4.78. The lowest BCUT2D eigenvalue weighted by atomic mass is 10.1. The number of hydrogen-bond acceptors (Lipinski definition) is 10. The van der Waals surface area contributed by atoms with Crippen LogP contribution in [0.15, 0.2) is 41.6 Å². The number of aromatic nitrogens is 3. The molecule has 242 valence electrons. The molecule has 1 aliphatic carbocycles. The van der Waals surface area contributed by atoms with E-state index in [0.717, 1.165) is 46.5 Å². The second-order valence-corrected chi connectivity index (χ2v) is 13.2. The van der Waals surface area contributed by atoms with E-state index in [0.29, 0.717) is 38.6 Å². The molecule has 0 saturated heterocycles. The van der Waals surface area contributed by atoms with Crippen molar-refractivity contribution in [1.29, 1.82) is 0 Å². The van der Waals surface area contributed by atoms with Crippen molar-refractivity contribution in [3.8, 4) is 17.2 Å². The van der Waals surface area contributed by atoms with Crippen molar-refractivity contribution in [3.05, 3.63) is 74.9 Å². The highest BCUT2D eigenvalue weighted by Gasteiger charge is 2.30. The van der Waals surface area contributed by atoms with Crippen LogP contribution < -0.4 is 20.1 Å². The lowest BCUT2D eigenvalue weighted by molar-refractivity contribution is -0.115. The standard InChI is InChI=1S/C33H37N5O6S2/c1-7-44-32(41)28-22-11-9-13-26(22)46-31(28)35-29(39)20(4)45-33-37-36-27(38(33)23-12-8-10-18(2)19(23)3)17-34-30(40)21-14-15-24(42-5)25(16-21)43-6/h8,10,12,14-16,20H,7,9,11,13,17H2,1-6H3,(H,34,40)(H,35,39)/t20-/m1/s1. The largest absolute Gasteiger partial charge is 0.493 e. The van der Waals surface area contributed by atoms with Crippen molar-refractivity contribution in [3.63, 3.8) is 0 Å². The van der Waals surface area contributed by atoms with Gasteiger partial charge in [0.15, 0.2) is 22.5 Å². The molecule has 0 radical (unpaired) electrons. The Morgan fingerprint density at radius 3 is 2.59 bits per heavy atom. The fourth-order valence-corrected chi connectivity index (χ4v) is 7.45. The zero-order chi connectivity index (χ0) is 33.0. The molecule has 13 heteroatoms. The lowest BCUT2D eigenvalue weighted by Crippen LogP contribution is -2.25. The Hall–Kier alpha value is -4.36. The van der Waals surface area contributed by atoms with Gasteiger partial charge in [-0.3, -0.25) is 14.2 Å². The summed E-state index contributed by atoms with van der Waals surface area (Å²) in [5, 5.41) is 15.2. The summed E-state index contributed by atoms with van der Waals surface area (Å²) in [6.07, 6.45) is 2.67. The summed E-state index contributed by atoms with van der Waals surface area (Å²) >= 11 is 2.69. The highest BCUT2D eigenvalue weighted by molar-refractivity contribution is 8.00. The minimum absolute atomic E-state index is 0.0817. The van der Waals surface area contributed by atoms with Gasteiger partial charge in [-0.2, -0.15) is 0 Å². The molecule has 2 N–H and O–H groups in total. The molecule has 2 aromatic heterocycles. The van der Waals surface area contributed by atoms with Crippen LogP contribution in [0, 0.1) is 13.8 Å². The zero-order valence-corrected chi connectivity index (χ0v) is 28.3. The first-order valence-electron chi connectivity index (χ1n) is 15.0. The number of methoxy groups -OCH3 is 2. The predicted molar refractivity (Wildman–Crippen MR) is 178 cm³/mol. The Labute approximate surface area is 276 Å². The topological polar surface area (TPSA) is 134 Å². The van der Waals surface area contributed by atoms with Crippen LogP contribution in [0.25, 0.3) is 5.69 Å². The van der Waals surface area contributed by atoms with Crippen LogP contribution in [0.4, 0.5) is 5.00 Å². The molecular weight excluding hydrogens is 627 g/mol. The van der Waals surface area contributed by atoms with Gasteiger partial charge < -0.3 is 24.8 Å². The summed E-state index contributed by atoms with van der Waals surface area (Å²) in [5.74, 6) is 0.465. The van der Waals surface area contributed by atoms with E-state index >= 15 is 0 Å². The quantitative estimate of drug-likeness (QED) is 0.145. The van der Waals surface area contributed by atoms with E-state index in [1.54, 1.807) is 32.0 Å². The van der Waals surface area contributed by atoms with E-state index in [1.807, 2.05) is 36.6 Å². The molecule has 1 atom stereocenters. The number of hydrogen-bond donors (Lipinski definition) is 2. The molecule has 0 aliphatic heterocycles. The first-order chi connectivity index (χ1) is 22.2. The SMILES string of the molecule is CCOC(=O)c1c(NC(=O)[C@@H](C)Sc2nnc(CNC(=O)c3ccc(OC)c(OC)c3)n2-c2cccc(C)c2C)sc2c1CCC2. The number of nitrogens with one attached hydrogen (secondary N) is 2. The van der Waals surface area contributed by atoms with Gasteiger partial charge in [0.05, 0.1) is 43.9 Å². The first kappa shape index (κ1) is 33.0. The van der Waals surface area contributed by atoms with Gasteiger partial charge in [0.2, 0.25) is 5.91 Å². The molecule has 2 amide bonds. The van der Waals surface area contributed by atoms with E-state index in [4.69, 9.17) is 14.2 Å². The third-order valence-corrected chi connectivity index (χ3v) is 10.1. The Balaban J connectivity index is 1.38. The Morgan fingerprint density at radius 2 is 1.85 bits per heavy atom. The molecular formula is C33H37N5O6S2. The van der Waals surface area contributed by atoms with Crippen LogP contribution >= 0.6 is 23.1 Å². The fourth-order valence-electron chi connectivity index (χ4n) is 5.29. The van der Waals surface area contributed by atoms with Crippen LogP contribution in [0.1, 0.15) is 68.4 Å². The predicted octanol–water partition coefficient (Wildman–Crippen LogP) is 5.68. The molecule has 11 nitrogen and oxygen atoms in total. The summed E-state index contributed by atoms with van der Waals surface area (Å²) in [6.45, 7) is 7.92. The van der Waals surface area contributed by atoms with Gasteiger partial charge >= 0.3 is 5.97 Å². The molecule has 0 fully saturated rings. The number of carbonyl (C=O) groups is 3. The average Bonchev–Trinajstić information content (AvgIpc) is 3.75. The molecule has 0 spiro atoms. The Kier molecular flexibility index (Phi) is 10.3. The molecule has 2 aromatic carbocycles. The molecule has 0 bridgehead atoms. The number of carbonyl (C=O) groups excluding carboxylic acids is 3. The third kappa shape index (κ3) is 6.75. The number of anilines is 1. The maximum atomic E-state index is 13.5. The summed E-state index contributed by atoms with van der Waals surface area (Å²) < 4.78 is 17.8. The Morgan fingerprint density at radius 1 is 1.07 bits per heavy atom. The fraction of sp³-hybridized carbons (Fsp3) is 0.364. The normalized spacial score (nSPS) is 12.7. The lowest BCUT2D eigenvalue weighted by Gasteiger charge is -2.17. The first-order valence-corrected chi connectivity index (χ1v) is 16.7. The van der Waals surface area contributed by atoms with Gasteiger partial charge in [-0.25, -0.2) is 4.79 Å². The average molecular weight is 664 g/mol. The van der Waals surface area contributed by atoms with Crippen molar-refractivity contribution in [2.24, 2.45) is 0 Å². The monoisotopic (exact) mass is 663 g/mol. The van der Waals surface area contributed by atoms with Gasteiger partial charge in [0, 0.05) is 10.4 Å². The Bertz CT molecular complexity index is 1780. The van der Waals surface area contributed by atoms with Crippen LogP contribution in [0.5, 0.6) is 11.5 Å². The van der Waals surface area contributed by atoms with Gasteiger partial charge in [-0.05, 0) is 87.9 Å². The number of amides is 2. The number of fused-ring (bicyclic) bond motifs is 1. The number of thiophene rings is 1. The summed E-state index contributed by atoms with van der Waals surface area (Å²) in [6, 6.07) is 10.9. The van der Waals surface area contributed by atoms with Crippen molar-refractivity contribution < 1.29 is 28.6 Å². The number of nitrogens with zero attached hydrogens (tertiary/aromatic N) is 3. The van der Waals surface area contributed by atoms with Crippen LogP contribution in [0.3, 0.4) is 0 Å². The van der Waals surface area contributed by atoms with Crippen LogP contribution in [-0.4, -0.2) is 58.6 Å². The summed E-state index contributed by atoms with van der Waals surface area (Å²) in [4.78, 5) is 40.6. The van der Waals surface area contributed by atoms with E-state index in [1.165, 1.54) is 37.3 Å². The third-order valence-electron chi connectivity index (χ3n) is 7.86. The zero-order valence-electron chi connectivity index (χ0n) is 26.7. The van der Waals surface area contributed by atoms with Gasteiger partial charge in [-0.15, -0.1) is 21.5 Å². The highest BCUT2D eigenvalue weighted by Crippen LogP contribution is 2.40. The van der Waals surface area contributed by atoms with E-state index in [9.17, 15) is 14.4 Å². The van der Waals surface area contributed by atoms with Gasteiger partial charge in [-0.1, -0.05) is 23.9 Å². The van der Waals surface area contributed by atoms with E-state index in [-0.39, 0.29) is 25.0 Å². The van der Waals surface area contributed by atoms with Crippen LogP contribution in [0.2, 0.25) is 0 Å². The van der Waals surface area contributed by atoms with Crippen molar-refractivity contribution in [2.45, 2.75) is 63.9 Å². The molecule has 1 aliphatic rings. The molecule has 5 rings (SSSR count). The maximum absolute atomic E-state index is 13.5. The van der Waals surface area contributed by atoms with Crippen molar-refractivity contribution >= 4 is 45.9 Å². The highest BCUT2D eigenvalue weighted by atomic mass is 32.2. The molecule has 46 heavy (non-hydrogen) atoms. The molecule has 2 heterocycles. The van der Waals surface area contributed by atoms with Gasteiger partial charge in [0.25, 0.3) is 5.91 Å². The minimum atomic E-state index is -0.589. The number of aryl methyl sites for hydroxylation is 2. The number of thioether (sulfide) groups is 1. The van der Waals surface area contributed by atoms with Crippen molar-refractivity contribution in [2.75, 3.05) is 26.1 Å². The molecule has 4 aromatic rings. The van der Waals surface area contributed by atoms with Crippen molar-refractivity contribution in [1.82, 2.24) is 20.1 Å². The number of benzene rings is 2. The number of esters is 1. The number of rotatable bonds is 12. The van der Waals surface area contributed by atoms with Crippen LogP contribution in [-0.2, 0) is 28.9 Å². The minimum Gasteiger partial charge on any atom is -0.493 e. The molecule has 0 saturated carbocycles.